The molecule has 3 aromatic rings. The van der Waals surface area contributed by atoms with Gasteiger partial charge in [0, 0.05) is 26.2 Å². The van der Waals surface area contributed by atoms with Crippen LogP contribution in [-0.2, 0) is 27.9 Å². The van der Waals surface area contributed by atoms with E-state index in [1.54, 1.807) is 24.3 Å². The predicted octanol–water partition coefficient (Wildman–Crippen LogP) is 4.62. The summed E-state index contributed by atoms with van der Waals surface area (Å²) in [4.78, 5) is 15.8. The second kappa shape index (κ2) is 10.3. The second-order valence-corrected chi connectivity index (χ2v) is 10.6. The highest BCUT2D eigenvalue weighted by Gasteiger charge is 2.35. The van der Waals surface area contributed by atoms with Crippen molar-refractivity contribution in [1.82, 2.24) is 9.21 Å². The molecule has 1 aliphatic heterocycles. The highest BCUT2D eigenvalue weighted by atomic mass is 32.2. The first-order valence-electron chi connectivity index (χ1n) is 11.4. The topological polar surface area (TPSA) is 57.7 Å². The zero-order chi connectivity index (χ0) is 23.3. The van der Waals surface area contributed by atoms with Crippen LogP contribution < -0.4 is 0 Å². The van der Waals surface area contributed by atoms with Gasteiger partial charge in [0.25, 0.3) is 0 Å². The molecule has 1 amide bonds. The van der Waals surface area contributed by atoms with Gasteiger partial charge in [-0.05, 0) is 43.0 Å². The maximum Gasteiger partial charge on any atom is 0.243 e. The molecule has 1 aliphatic rings. The van der Waals surface area contributed by atoms with Crippen LogP contribution >= 0.6 is 0 Å². The number of benzene rings is 3. The number of hydrogen-bond acceptors (Lipinski definition) is 3. The third-order valence-electron chi connectivity index (χ3n) is 6.14. The molecule has 0 bridgehead atoms. The van der Waals surface area contributed by atoms with Crippen molar-refractivity contribution in [2.75, 3.05) is 13.1 Å². The summed E-state index contributed by atoms with van der Waals surface area (Å²) in [5.41, 5.74) is 3.13. The summed E-state index contributed by atoms with van der Waals surface area (Å²) in [7, 11) is -3.63. The summed E-state index contributed by atoms with van der Waals surface area (Å²) in [5, 5.41) is 0. The average Bonchev–Trinajstić information content (AvgIpc) is 2.85. The van der Waals surface area contributed by atoms with E-state index in [2.05, 4.69) is 0 Å². The van der Waals surface area contributed by atoms with E-state index in [0.29, 0.717) is 32.5 Å². The number of hydrogen-bond donors (Lipinski definition) is 0. The fraction of sp³-hybridized carbons (Fsp3) is 0.296. The third kappa shape index (κ3) is 5.70. The number of carbonyl (C=O) groups excluding carboxylic acids is 1. The molecule has 1 atom stereocenters. The quantitative estimate of drug-likeness (QED) is 0.515. The Hall–Kier alpha value is -2.96. The van der Waals surface area contributed by atoms with Crippen LogP contribution in [0.3, 0.4) is 0 Å². The van der Waals surface area contributed by atoms with Gasteiger partial charge >= 0.3 is 0 Å². The molecule has 0 aromatic heterocycles. The molecule has 4 rings (SSSR count). The van der Waals surface area contributed by atoms with Crippen molar-refractivity contribution in [2.45, 2.75) is 37.8 Å². The van der Waals surface area contributed by atoms with Crippen LogP contribution in [-0.4, -0.2) is 36.6 Å². The molecule has 0 aliphatic carbocycles. The zero-order valence-electron chi connectivity index (χ0n) is 18.9. The highest BCUT2D eigenvalue weighted by molar-refractivity contribution is 7.89. The Kier molecular flexibility index (Phi) is 7.26. The van der Waals surface area contributed by atoms with Crippen molar-refractivity contribution in [2.24, 2.45) is 5.92 Å². The fourth-order valence-corrected chi connectivity index (χ4v) is 5.82. The number of sulfonamides is 1. The van der Waals surface area contributed by atoms with E-state index < -0.39 is 10.0 Å². The van der Waals surface area contributed by atoms with Gasteiger partial charge in [0.05, 0.1) is 10.8 Å². The molecule has 1 fully saturated rings. The lowest BCUT2D eigenvalue weighted by molar-refractivity contribution is -0.138. The van der Waals surface area contributed by atoms with Crippen molar-refractivity contribution >= 4 is 15.9 Å². The molecule has 5 nitrogen and oxygen atoms in total. The molecule has 3 aromatic carbocycles. The minimum Gasteiger partial charge on any atom is -0.334 e. The van der Waals surface area contributed by atoms with Crippen molar-refractivity contribution < 1.29 is 13.2 Å². The number of aryl methyl sites for hydroxylation is 1. The molecule has 0 spiro atoms. The van der Waals surface area contributed by atoms with Crippen molar-refractivity contribution in [1.29, 1.82) is 0 Å². The van der Waals surface area contributed by atoms with Gasteiger partial charge in [-0.3, -0.25) is 4.79 Å². The average molecular weight is 463 g/mol. The summed E-state index contributed by atoms with van der Waals surface area (Å²) in [6.07, 6.45) is 1.37. The minimum absolute atomic E-state index is 0.00603. The van der Waals surface area contributed by atoms with E-state index in [1.807, 2.05) is 72.5 Å². The molecule has 172 valence electrons. The SMILES string of the molecule is Cc1ccc(S(=O)(=O)N2CCC[C@H](C(=O)N(Cc3ccccc3)Cc3ccccc3)C2)cc1. The van der Waals surface area contributed by atoms with Gasteiger partial charge in [-0.1, -0.05) is 78.4 Å². The Balaban J connectivity index is 1.54. The molecular weight excluding hydrogens is 432 g/mol. The lowest BCUT2D eigenvalue weighted by atomic mass is 9.97. The lowest BCUT2D eigenvalue weighted by Gasteiger charge is -2.34. The van der Waals surface area contributed by atoms with Crippen LogP contribution in [0.4, 0.5) is 0 Å². The number of amides is 1. The molecule has 0 saturated carbocycles. The number of rotatable bonds is 7. The van der Waals surface area contributed by atoms with E-state index in [-0.39, 0.29) is 23.3 Å². The van der Waals surface area contributed by atoms with Gasteiger partial charge in [0.1, 0.15) is 0 Å². The van der Waals surface area contributed by atoms with E-state index in [9.17, 15) is 13.2 Å². The largest absolute Gasteiger partial charge is 0.334 e. The minimum atomic E-state index is -3.63. The summed E-state index contributed by atoms with van der Waals surface area (Å²) < 4.78 is 27.9. The van der Waals surface area contributed by atoms with E-state index in [1.165, 1.54) is 4.31 Å². The Morgan fingerprint density at radius 3 is 1.97 bits per heavy atom. The lowest BCUT2D eigenvalue weighted by Crippen LogP contribution is -2.46. The monoisotopic (exact) mass is 462 g/mol. The summed E-state index contributed by atoms with van der Waals surface area (Å²) in [6.45, 7) is 3.58. The Bertz CT molecular complexity index is 1120. The van der Waals surface area contributed by atoms with E-state index in [0.717, 1.165) is 16.7 Å². The van der Waals surface area contributed by atoms with Gasteiger partial charge in [-0.15, -0.1) is 0 Å². The molecule has 1 saturated heterocycles. The van der Waals surface area contributed by atoms with E-state index in [4.69, 9.17) is 0 Å². The Morgan fingerprint density at radius 1 is 0.879 bits per heavy atom. The fourth-order valence-electron chi connectivity index (χ4n) is 4.30. The molecule has 0 radical (unpaired) electrons. The van der Waals surface area contributed by atoms with Gasteiger partial charge < -0.3 is 4.90 Å². The van der Waals surface area contributed by atoms with Crippen molar-refractivity contribution in [3.63, 3.8) is 0 Å². The van der Waals surface area contributed by atoms with Gasteiger partial charge in [0.15, 0.2) is 0 Å². The summed E-state index contributed by atoms with van der Waals surface area (Å²) in [6, 6.07) is 26.8. The second-order valence-electron chi connectivity index (χ2n) is 8.68. The van der Waals surface area contributed by atoms with Gasteiger partial charge in [-0.2, -0.15) is 4.31 Å². The number of carbonyl (C=O) groups is 1. The van der Waals surface area contributed by atoms with Crippen LogP contribution in [0.5, 0.6) is 0 Å². The Labute approximate surface area is 196 Å². The van der Waals surface area contributed by atoms with Gasteiger partial charge in [0.2, 0.25) is 15.9 Å². The van der Waals surface area contributed by atoms with Crippen LogP contribution in [0.15, 0.2) is 89.8 Å². The standard InChI is InChI=1S/C27H30N2O3S/c1-22-14-16-26(17-15-22)33(31,32)29-18-8-13-25(21-29)27(30)28(19-23-9-4-2-5-10-23)20-24-11-6-3-7-12-24/h2-7,9-12,14-17,25H,8,13,18-21H2,1H3/t25-/m0/s1. The highest BCUT2D eigenvalue weighted by Crippen LogP contribution is 2.26. The first-order chi connectivity index (χ1) is 15.9. The molecule has 33 heavy (non-hydrogen) atoms. The third-order valence-corrected chi connectivity index (χ3v) is 8.02. The first-order valence-corrected chi connectivity index (χ1v) is 12.8. The summed E-state index contributed by atoms with van der Waals surface area (Å²) in [5.74, 6) is -0.349. The van der Waals surface area contributed by atoms with Gasteiger partial charge in [-0.25, -0.2) is 8.42 Å². The van der Waals surface area contributed by atoms with E-state index >= 15 is 0 Å². The zero-order valence-corrected chi connectivity index (χ0v) is 19.7. The van der Waals surface area contributed by atoms with Crippen LogP contribution in [0, 0.1) is 12.8 Å². The van der Waals surface area contributed by atoms with Crippen LogP contribution in [0.2, 0.25) is 0 Å². The summed E-state index contributed by atoms with van der Waals surface area (Å²) >= 11 is 0. The molecule has 0 N–H and O–H groups in total. The maximum atomic E-state index is 13.7. The Morgan fingerprint density at radius 2 is 1.42 bits per heavy atom. The molecular formula is C27H30N2O3S. The number of nitrogens with zero attached hydrogens (tertiary/aromatic N) is 2. The first kappa shape index (κ1) is 23.2. The predicted molar refractivity (Wildman–Crippen MR) is 130 cm³/mol. The van der Waals surface area contributed by atoms with Crippen LogP contribution in [0.25, 0.3) is 0 Å². The number of piperidine rings is 1. The van der Waals surface area contributed by atoms with Crippen molar-refractivity contribution in [3.05, 3.63) is 102 Å². The van der Waals surface area contributed by atoms with Crippen LogP contribution in [0.1, 0.15) is 29.5 Å². The van der Waals surface area contributed by atoms with Crippen molar-refractivity contribution in [3.8, 4) is 0 Å². The smallest absolute Gasteiger partial charge is 0.243 e. The molecule has 0 unspecified atom stereocenters. The molecule has 1 heterocycles. The normalized spacial score (nSPS) is 16.9. The molecule has 6 heteroatoms. The maximum absolute atomic E-state index is 13.7.